The number of fused-ring (bicyclic) bond motifs is 6. The molecular weight excluding hydrogens is 1650 g/mol. The summed E-state index contributed by atoms with van der Waals surface area (Å²) in [4.78, 5) is 96.3. The first-order valence-electron chi connectivity index (χ1n) is 39.5. The molecule has 4 N–H and O–H groups in total. The molecule has 622 valence electrons. The van der Waals surface area contributed by atoms with Crippen LogP contribution in [0.25, 0.3) is 72.7 Å². The van der Waals surface area contributed by atoms with Gasteiger partial charge in [-0.2, -0.15) is 39.0 Å². The quantitative estimate of drug-likeness (QED) is 0.0547. The third kappa shape index (κ3) is 17.9. The van der Waals surface area contributed by atoms with Crippen LogP contribution in [0.5, 0.6) is 0 Å². The second-order valence-corrected chi connectivity index (χ2v) is 47.7. The number of nitrogens with zero attached hydrogens (tertiary/aromatic N) is 19. The van der Waals surface area contributed by atoms with Gasteiger partial charge in [0, 0.05) is 108 Å². The fourth-order valence-corrected chi connectivity index (χ4v) is 18.5. The number of hydrogen-bond acceptors (Lipinski definition) is 22. The molecule has 6 atom stereocenters. The second-order valence-electron chi connectivity index (χ2n) is 33.1. The molecule has 0 unspecified atom stereocenters. The number of carbonyl (C=O) groups is 5. The van der Waals surface area contributed by atoms with Crippen molar-refractivity contribution < 1.29 is 60.8 Å². The number of nitrogens with one attached hydrogen (secondary N) is 4. The van der Waals surface area contributed by atoms with E-state index in [1.165, 1.54) is 65.1 Å². The third-order valence-corrected chi connectivity index (χ3v) is 26.1. The van der Waals surface area contributed by atoms with Crippen LogP contribution in [0.15, 0.2) is 97.7 Å². The molecule has 1 aromatic carbocycles. The van der Waals surface area contributed by atoms with Crippen LogP contribution < -0.4 is 34.8 Å². The van der Waals surface area contributed by atoms with Crippen molar-refractivity contribution in [1.82, 2.24) is 99.1 Å². The molecule has 5 amide bonds. The van der Waals surface area contributed by atoms with Crippen molar-refractivity contribution in [3.63, 3.8) is 0 Å². The number of rotatable bonds is 15. The van der Waals surface area contributed by atoms with E-state index in [2.05, 4.69) is 95.3 Å². The molecule has 14 heterocycles. The molecule has 11 aromatic heterocycles. The number of alkyl halides is 3. The molecule has 18 rings (SSSR count). The van der Waals surface area contributed by atoms with Crippen molar-refractivity contribution in [1.29, 1.82) is 0 Å². The molecule has 3 saturated heterocycles. The number of anilines is 3. The fraction of sp³-hybridized carbons (Fsp3) is 0.475. The Hall–Kier alpha value is -10.7. The van der Waals surface area contributed by atoms with Gasteiger partial charge in [-0.3, -0.25) is 24.2 Å². The van der Waals surface area contributed by atoms with Gasteiger partial charge in [0.05, 0.1) is 60.2 Å². The van der Waals surface area contributed by atoms with E-state index in [1.807, 2.05) is 39.7 Å². The topological polar surface area (TPSA) is 356 Å². The van der Waals surface area contributed by atoms with Crippen molar-refractivity contribution in [3.05, 3.63) is 120 Å². The summed E-state index contributed by atoms with van der Waals surface area (Å²) in [7, 11) is 4.84. The van der Waals surface area contributed by atoms with E-state index in [-0.39, 0.29) is 57.8 Å². The maximum atomic E-state index is 13.5. The average Bonchev–Trinajstić information content (AvgIpc) is 1.63. The molecule has 0 radical (unpaired) electrons. The first-order chi connectivity index (χ1) is 56.4. The number of carbonyl (C=O) groups excluding carboxylic acids is 5. The molecule has 3 aliphatic carbocycles. The summed E-state index contributed by atoms with van der Waals surface area (Å²) in [6, 6.07) is 20.7. The van der Waals surface area contributed by atoms with Gasteiger partial charge in [0.1, 0.15) is 80.4 Å². The van der Waals surface area contributed by atoms with Gasteiger partial charge in [-0.25, -0.2) is 57.0 Å². The number of aromatic nitrogens is 17. The molecular formula is C80H95ClF3N23O10Sn. The minimum atomic E-state index is -2.16. The number of pyridine rings is 2. The van der Waals surface area contributed by atoms with E-state index in [9.17, 15) is 37.1 Å². The number of hydrogen-bond donors (Lipinski definition) is 4. The standard InChI is InChI=1S/C27H31FN8O4.C22H23FN8O2.C16H19ClFN5O3.C12H13N2O.3CH3.Sn/c1-27(2,3)40-26(38)34(4)21-13-20(31-24-17(14-30-36(21)24)25(37)32-19-12-18(19)28)22-16-6-5-9-29-23(16)35(33-22)15-7-10-39-11-8-15;1-24-18-10-17(27-21-14(11-26-31(18)21)22(32)28-16-9-15(16)23)19-13-3-2-6-25-20(13)30(29-19)12-4-7-33-8-5-12;1-16(2,3)26-15(25)22(4)12-6-11(17)21-13-8(7-19-23(12)13)14(24)20-10-5-9(10)18;1-2-4-12-10(3-1)9-13-14(12)11-5-7-15-8-6-11;;;;/h5-6,9,13-15,18-19H,7-8,10-12H2,1-4H3,(H,32,37);2-3,6,10-12,15-16,24H,4-5,7-9H2,1H3,(H,28,32);6-7,9-10H,5H2,1-4H3,(H,20,24);1-4,11H,5-8H2;3*1H3;/t18-,19+;15-,16+;9-,10+;;;;;/m000...../s1. The summed E-state index contributed by atoms with van der Waals surface area (Å²) in [5.74, 6) is -0.118. The zero-order chi connectivity index (χ0) is 83.4. The van der Waals surface area contributed by atoms with Gasteiger partial charge >= 0.3 is 131 Å². The van der Waals surface area contributed by atoms with Crippen molar-refractivity contribution in [2.45, 2.75) is 180 Å². The zero-order valence-electron chi connectivity index (χ0n) is 67.6. The predicted molar refractivity (Wildman–Crippen MR) is 438 cm³/mol. The number of amides is 5. The Morgan fingerprint density at radius 2 is 0.890 bits per heavy atom. The van der Waals surface area contributed by atoms with Crippen molar-refractivity contribution >= 4 is 131 Å². The number of benzene rings is 1. The van der Waals surface area contributed by atoms with E-state index in [0.29, 0.717) is 96.6 Å². The van der Waals surface area contributed by atoms with Gasteiger partial charge in [0.2, 0.25) is 0 Å². The molecule has 0 spiro atoms. The van der Waals surface area contributed by atoms with Crippen LogP contribution in [-0.4, -0.2) is 240 Å². The molecule has 3 aliphatic heterocycles. The third-order valence-electron chi connectivity index (χ3n) is 20.8. The number of ether oxygens (including phenoxy) is 5. The summed E-state index contributed by atoms with van der Waals surface area (Å²) >= 11 is 3.89. The van der Waals surface area contributed by atoms with Crippen LogP contribution in [-0.2, 0) is 23.7 Å². The van der Waals surface area contributed by atoms with E-state index in [1.54, 1.807) is 78.6 Å². The molecule has 0 bridgehead atoms. The Bertz CT molecular complexity index is 5770. The van der Waals surface area contributed by atoms with Crippen molar-refractivity contribution in [2.24, 2.45) is 0 Å². The van der Waals surface area contributed by atoms with E-state index in [4.69, 9.17) is 60.5 Å². The molecule has 118 heavy (non-hydrogen) atoms. The summed E-state index contributed by atoms with van der Waals surface area (Å²) in [6.45, 7) is 15.0. The number of halogens is 4. The summed E-state index contributed by atoms with van der Waals surface area (Å²) in [5, 5.41) is 41.9. The zero-order valence-corrected chi connectivity index (χ0v) is 71.2. The maximum absolute atomic E-state index is 13.5. The van der Waals surface area contributed by atoms with E-state index < -0.39 is 90.2 Å². The van der Waals surface area contributed by atoms with Crippen LogP contribution in [0.2, 0.25) is 20.0 Å². The molecule has 3 saturated carbocycles. The first-order valence-corrected chi connectivity index (χ1v) is 49.9. The minimum absolute atomic E-state index is 0.0762. The molecule has 6 fully saturated rings. The first kappa shape index (κ1) is 82.4. The molecule has 33 nitrogen and oxygen atoms in total. The fourth-order valence-electron chi connectivity index (χ4n) is 14.3. The van der Waals surface area contributed by atoms with Crippen molar-refractivity contribution in [2.75, 3.05) is 75.9 Å². The van der Waals surface area contributed by atoms with Gasteiger partial charge < -0.3 is 40.2 Å². The summed E-state index contributed by atoms with van der Waals surface area (Å²) < 4.78 is 79.2. The van der Waals surface area contributed by atoms with Gasteiger partial charge in [0.25, 0.3) is 17.7 Å². The van der Waals surface area contributed by atoms with Gasteiger partial charge in [-0.05, 0) is 91.5 Å². The van der Waals surface area contributed by atoms with Gasteiger partial charge in [0.15, 0.2) is 28.2 Å². The van der Waals surface area contributed by atoms with Gasteiger partial charge in [-0.1, -0.05) is 11.6 Å². The molecule has 12 aromatic rings. The Morgan fingerprint density at radius 1 is 0.508 bits per heavy atom. The monoisotopic (exact) mass is 1750 g/mol. The van der Waals surface area contributed by atoms with Crippen molar-refractivity contribution in [3.8, 4) is 22.8 Å². The molecule has 6 aliphatic rings. The SMILES string of the molecule is CN(C(=O)OC(C)(C)C)c1cc(-c2nn(C3CCOCC3)c3ncccc23)nc2c(C(=O)N[C@@H]3C[C@@H]3F)cnn12.CN(C(=O)OC(C)(C)C)c1cc(Cl)nc2c(C(=O)N[C@@H]3C[C@@H]3F)cnn12.CNc1cc(-c2nn(C3CCOCC3)c3ncccc23)nc2c(C(=O)N[C@@H]3C[C@@H]3F)cnn12.[CH3][Sn]([CH3])([CH3])[c]1nn(C2CCOCC2)c2ccccc12. The molecule has 38 heteroatoms. The van der Waals surface area contributed by atoms with E-state index >= 15 is 0 Å². The predicted octanol–water partition coefficient (Wildman–Crippen LogP) is 11.6. The van der Waals surface area contributed by atoms with Crippen LogP contribution in [0.4, 0.5) is 40.2 Å². The summed E-state index contributed by atoms with van der Waals surface area (Å²) in [6.07, 6.45) is 9.74. The Kier molecular flexibility index (Phi) is 23.5. The van der Waals surface area contributed by atoms with Crippen LogP contribution >= 0.6 is 11.6 Å². The van der Waals surface area contributed by atoms with Crippen LogP contribution in [0.3, 0.4) is 0 Å². The second kappa shape index (κ2) is 33.6. The normalized spacial score (nSPS) is 19.7. The van der Waals surface area contributed by atoms with E-state index in [0.717, 1.165) is 68.2 Å². The van der Waals surface area contributed by atoms with Gasteiger partial charge in [-0.15, -0.1) is 0 Å². The Balaban J connectivity index is 0.000000127. The Labute approximate surface area is 685 Å². The van der Waals surface area contributed by atoms with Crippen LogP contribution in [0.1, 0.15) is 149 Å². The average molecular weight is 1750 g/mol. The summed E-state index contributed by atoms with van der Waals surface area (Å²) in [5.41, 5.74) is 5.00. The van der Waals surface area contributed by atoms with Crippen LogP contribution in [0, 0.1) is 0 Å². The number of para-hydroxylation sites is 1. The Morgan fingerprint density at radius 3 is 1.31 bits per heavy atom.